The van der Waals surface area contributed by atoms with E-state index in [-0.39, 0.29) is 0 Å². The molecule has 2 rings (SSSR count). The van der Waals surface area contributed by atoms with Gasteiger partial charge in [0.2, 0.25) is 0 Å². The predicted molar refractivity (Wildman–Crippen MR) is 75.9 cm³/mol. The molecule has 5 heteroatoms. The molecule has 18 heavy (non-hydrogen) atoms. The highest BCUT2D eigenvalue weighted by molar-refractivity contribution is 7.13. The fourth-order valence-electron chi connectivity index (χ4n) is 2.09. The van der Waals surface area contributed by atoms with Crippen molar-refractivity contribution in [3.05, 3.63) is 22.5 Å². The Balaban J connectivity index is 2.35. The Kier molecular flexibility index (Phi) is 3.82. The van der Waals surface area contributed by atoms with E-state index in [4.69, 9.17) is 4.98 Å². The first kappa shape index (κ1) is 13.2. The zero-order valence-corrected chi connectivity index (χ0v) is 12.4. The molecule has 98 valence electrons. The van der Waals surface area contributed by atoms with Crippen LogP contribution in [0.15, 0.2) is 5.38 Å². The molecule has 1 N–H and O–H groups in total. The van der Waals surface area contributed by atoms with E-state index in [0.717, 1.165) is 22.9 Å². The minimum Gasteiger partial charge on any atom is -0.309 e. The first-order valence-electron chi connectivity index (χ1n) is 6.24. The number of hydrogen-bond donors (Lipinski definition) is 1. The van der Waals surface area contributed by atoms with Crippen LogP contribution >= 0.6 is 11.3 Å². The molecular formula is C13H20N4S. The van der Waals surface area contributed by atoms with Crippen molar-refractivity contribution >= 4 is 11.3 Å². The maximum atomic E-state index is 4.74. The summed E-state index contributed by atoms with van der Waals surface area (Å²) in [4.78, 5) is 4.74. The van der Waals surface area contributed by atoms with E-state index in [1.165, 1.54) is 11.3 Å². The molecule has 0 radical (unpaired) electrons. The van der Waals surface area contributed by atoms with Crippen LogP contribution in [0.4, 0.5) is 0 Å². The van der Waals surface area contributed by atoms with Gasteiger partial charge in [0.15, 0.2) is 0 Å². The van der Waals surface area contributed by atoms with Crippen molar-refractivity contribution in [1.29, 1.82) is 0 Å². The van der Waals surface area contributed by atoms with Crippen molar-refractivity contribution in [2.75, 3.05) is 6.54 Å². The summed E-state index contributed by atoms with van der Waals surface area (Å²) in [6.45, 7) is 9.34. The molecule has 2 aromatic rings. The van der Waals surface area contributed by atoms with Crippen LogP contribution in [0.1, 0.15) is 37.0 Å². The minimum atomic E-state index is 0.303. The molecule has 0 amide bonds. The molecule has 0 spiro atoms. The maximum absolute atomic E-state index is 4.74. The van der Waals surface area contributed by atoms with Gasteiger partial charge >= 0.3 is 0 Å². The Labute approximate surface area is 112 Å². The van der Waals surface area contributed by atoms with Crippen molar-refractivity contribution in [3.63, 3.8) is 0 Å². The van der Waals surface area contributed by atoms with E-state index < -0.39 is 0 Å². The zero-order valence-electron chi connectivity index (χ0n) is 11.6. The van der Waals surface area contributed by atoms with Crippen LogP contribution in [0.5, 0.6) is 0 Å². The summed E-state index contributed by atoms with van der Waals surface area (Å²) in [5.74, 6) is 0. The molecular weight excluding hydrogens is 244 g/mol. The van der Waals surface area contributed by atoms with Gasteiger partial charge in [0, 0.05) is 24.2 Å². The Morgan fingerprint density at radius 1 is 1.44 bits per heavy atom. The lowest BCUT2D eigenvalue weighted by Crippen LogP contribution is -2.17. The largest absolute Gasteiger partial charge is 0.309 e. The summed E-state index contributed by atoms with van der Waals surface area (Å²) < 4.78 is 1.92. The normalized spacial score (nSPS) is 12.9. The van der Waals surface area contributed by atoms with Gasteiger partial charge < -0.3 is 5.32 Å². The number of hydrogen-bond acceptors (Lipinski definition) is 4. The number of thiazole rings is 1. The smallest absolute Gasteiger partial charge is 0.127 e. The molecule has 0 aliphatic rings. The lowest BCUT2D eigenvalue weighted by molar-refractivity contribution is 0.587. The summed E-state index contributed by atoms with van der Waals surface area (Å²) in [7, 11) is 1.97. The number of nitrogens with one attached hydrogen (secondary N) is 1. The number of aryl methyl sites for hydroxylation is 2. The topological polar surface area (TPSA) is 42.7 Å². The highest BCUT2D eigenvalue weighted by atomic mass is 32.1. The third-order valence-corrected chi connectivity index (χ3v) is 4.08. The number of rotatable bonds is 4. The van der Waals surface area contributed by atoms with Gasteiger partial charge in [0.25, 0.3) is 0 Å². The third kappa shape index (κ3) is 2.33. The van der Waals surface area contributed by atoms with E-state index in [1.54, 1.807) is 11.3 Å². The third-order valence-electron chi connectivity index (χ3n) is 3.20. The van der Waals surface area contributed by atoms with E-state index in [1.807, 2.05) is 18.7 Å². The van der Waals surface area contributed by atoms with E-state index in [2.05, 4.69) is 36.6 Å². The lowest BCUT2D eigenvalue weighted by Gasteiger charge is -2.08. The Morgan fingerprint density at radius 3 is 2.72 bits per heavy atom. The van der Waals surface area contributed by atoms with Crippen molar-refractivity contribution in [3.8, 4) is 10.6 Å². The SMILES string of the molecule is CCNC(C)c1csc(-c2c(C)nn(C)c2C)n1. The highest BCUT2D eigenvalue weighted by Crippen LogP contribution is 2.30. The molecule has 0 aliphatic heterocycles. The van der Waals surface area contributed by atoms with Crippen LogP contribution in [0.2, 0.25) is 0 Å². The van der Waals surface area contributed by atoms with Crippen LogP contribution in [0, 0.1) is 13.8 Å². The average Bonchev–Trinajstić information content (AvgIpc) is 2.86. The summed E-state index contributed by atoms with van der Waals surface area (Å²) in [5.41, 5.74) is 4.51. The second kappa shape index (κ2) is 5.20. The molecule has 0 fully saturated rings. The second-order valence-corrected chi connectivity index (χ2v) is 5.38. The standard InChI is InChI=1S/C13H20N4S/c1-6-14-8(2)11-7-18-13(15-11)12-9(3)16-17(5)10(12)4/h7-8,14H,6H2,1-5H3. The van der Waals surface area contributed by atoms with E-state index in [0.29, 0.717) is 6.04 Å². The van der Waals surface area contributed by atoms with E-state index >= 15 is 0 Å². The van der Waals surface area contributed by atoms with Gasteiger partial charge in [-0.1, -0.05) is 6.92 Å². The molecule has 0 aliphatic carbocycles. The second-order valence-electron chi connectivity index (χ2n) is 4.53. The molecule has 0 saturated heterocycles. The van der Waals surface area contributed by atoms with Crippen LogP contribution in [0.3, 0.4) is 0 Å². The van der Waals surface area contributed by atoms with Gasteiger partial charge in [-0.2, -0.15) is 5.10 Å². The van der Waals surface area contributed by atoms with Crippen LogP contribution in [-0.2, 0) is 7.05 Å². The van der Waals surface area contributed by atoms with Gasteiger partial charge in [-0.15, -0.1) is 11.3 Å². The lowest BCUT2D eigenvalue weighted by atomic mass is 10.2. The van der Waals surface area contributed by atoms with Crippen molar-refractivity contribution in [2.24, 2.45) is 7.05 Å². The molecule has 4 nitrogen and oxygen atoms in total. The molecule has 2 heterocycles. The summed E-state index contributed by atoms with van der Waals surface area (Å²) >= 11 is 1.69. The summed E-state index contributed by atoms with van der Waals surface area (Å²) in [5, 5.41) is 11.0. The molecule has 1 atom stereocenters. The summed E-state index contributed by atoms with van der Waals surface area (Å²) in [6.07, 6.45) is 0. The molecule has 0 bridgehead atoms. The Morgan fingerprint density at radius 2 is 2.17 bits per heavy atom. The average molecular weight is 264 g/mol. The molecule has 2 aromatic heterocycles. The van der Waals surface area contributed by atoms with Crippen LogP contribution < -0.4 is 5.32 Å². The first-order valence-corrected chi connectivity index (χ1v) is 7.12. The number of aromatic nitrogens is 3. The van der Waals surface area contributed by atoms with Gasteiger partial charge in [0.05, 0.1) is 17.0 Å². The number of nitrogens with zero attached hydrogens (tertiary/aromatic N) is 3. The van der Waals surface area contributed by atoms with Crippen molar-refractivity contribution in [2.45, 2.75) is 33.7 Å². The fourth-order valence-corrected chi connectivity index (χ4v) is 3.15. The van der Waals surface area contributed by atoms with Crippen molar-refractivity contribution < 1.29 is 0 Å². The summed E-state index contributed by atoms with van der Waals surface area (Å²) in [6, 6.07) is 0.303. The Hall–Kier alpha value is -1.20. The molecule has 0 saturated carbocycles. The quantitative estimate of drug-likeness (QED) is 0.923. The maximum Gasteiger partial charge on any atom is 0.127 e. The van der Waals surface area contributed by atoms with Crippen LogP contribution in [0.25, 0.3) is 10.6 Å². The van der Waals surface area contributed by atoms with Crippen LogP contribution in [-0.4, -0.2) is 21.3 Å². The monoisotopic (exact) mass is 264 g/mol. The fraction of sp³-hybridized carbons (Fsp3) is 0.538. The molecule has 1 unspecified atom stereocenters. The Bertz CT molecular complexity index is 541. The minimum absolute atomic E-state index is 0.303. The van der Waals surface area contributed by atoms with Crippen molar-refractivity contribution in [1.82, 2.24) is 20.1 Å². The van der Waals surface area contributed by atoms with Gasteiger partial charge in [-0.05, 0) is 27.3 Å². The molecule has 0 aromatic carbocycles. The van der Waals surface area contributed by atoms with Gasteiger partial charge in [0.1, 0.15) is 5.01 Å². The zero-order chi connectivity index (χ0) is 13.3. The predicted octanol–water partition coefficient (Wildman–Crippen LogP) is 2.83. The van der Waals surface area contributed by atoms with E-state index in [9.17, 15) is 0 Å². The first-order chi connectivity index (χ1) is 8.54. The van der Waals surface area contributed by atoms with Gasteiger partial charge in [-0.3, -0.25) is 4.68 Å². The highest BCUT2D eigenvalue weighted by Gasteiger charge is 2.16. The van der Waals surface area contributed by atoms with Gasteiger partial charge in [-0.25, -0.2) is 4.98 Å².